The van der Waals surface area contributed by atoms with Crippen LogP contribution < -0.4 is 5.32 Å². The molecule has 1 nitrogen and oxygen atoms in total. The number of anilines is 1. The molecule has 1 heterocycles. The molecule has 0 saturated carbocycles. The summed E-state index contributed by atoms with van der Waals surface area (Å²) in [5, 5.41) is 5.68. The topological polar surface area (TPSA) is 12.0 Å². The molecule has 0 radical (unpaired) electrons. The summed E-state index contributed by atoms with van der Waals surface area (Å²) in [7, 11) is 0. The van der Waals surface area contributed by atoms with Gasteiger partial charge in [-0.3, -0.25) is 0 Å². The molecule has 0 aliphatic heterocycles. The molecule has 3 rings (SSSR count). The van der Waals surface area contributed by atoms with Gasteiger partial charge in [0.25, 0.3) is 0 Å². The summed E-state index contributed by atoms with van der Waals surface area (Å²) in [5.74, 6) is 0. The van der Waals surface area contributed by atoms with Crippen LogP contribution in [-0.4, -0.2) is 0 Å². The van der Waals surface area contributed by atoms with E-state index in [9.17, 15) is 0 Å². The SMILES string of the molecule is Cc1ccccc1CNc1ccccc1-c1cccs1. The van der Waals surface area contributed by atoms with Crippen molar-refractivity contribution in [3.05, 3.63) is 77.2 Å². The Morgan fingerprint density at radius 1 is 0.900 bits per heavy atom. The first-order valence-electron chi connectivity index (χ1n) is 6.76. The Labute approximate surface area is 123 Å². The summed E-state index contributed by atoms with van der Waals surface area (Å²) in [4.78, 5) is 1.30. The Morgan fingerprint density at radius 3 is 2.50 bits per heavy atom. The molecule has 100 valence electrons. The molecule has 0 bridgehead atoms. The van der Waals surface area contributed by atoms with Crippen molar-refractivity contribution in [2.24, 2.45) is 0 Å². The molecule has 0 fully saturated rings. The fourth-order valence-electron chi connectivity index (χ4n) is 2.28. The van der Waals surface area contributed by atoms with E-state index in [-0.39, 0.29) is 0 Å². The fourth-order valence-corrected chi connectivity index (χ4v) is 3.05. The van der Waals surface area contributed by atoms with Gasteiger partial charge >= 0.3 is 0 Å². The van der Waals surface area contributed by atoms with E-state index < -0.39 is 0 Å². The van der Waals surface area contributed by atoms with Crippen LogP contribution in [0, 0.1) is 6.92 Å². The predicted octanol–water partition coefficient (Wildman–Crippen LogP) is 5.34. The highest BCUT2D eigenvalue weighted by Crippen LogP contribution is 2.31. The molecular weight excluding hydrogens is 262 g/mol. The van der Waals surface area contributed by atoms with Gasteiger partial charge in [-0.15, -0.1) is 11.3 Å². The van der Waals surface area contributed by atoms with Crippen molar-refractivity contribution >= 4 is 17.0 Å². The van der Waals surface area contributed by atoms with Gasteiger partial charge < -0.3 is 5.32 Å². The molecule has 3 aromatic rings. The van der Waals surface area contributed by atoms with Crippen molar-refractivity contribution < 1.29 is 0 Å². The maximum Gasteiger partial charge on any atom is 0.0430 e. The number of thiophene rings is 1. The lowest BCUT2D eigenvalue weighted by molar-refractivity contribution is 1.12. The molecule has 1 aromatic heterocycles. The predicted molar refractivity (Wildman–Crippen MR) is 88.3 cm³/mol. The standard InChI is InChI=1S/C18H17NS/c1-14-7-2-3-8-15(14)13-19-17-10-5-4-9-16(17)18-11-6-12-20-18/h2-12,19H,13H2,1H3. The number of nitrogens with one attached hydrogen (secondary N) is 1. The van der Waals surface area contributed by atoms with Crippen molar-refractivity contribution in [2.75, 3.05) is 5.32 Å². The zero-order chi connectivity index (χ0) is 13.8. The lowest BCUT2D eigenvalue weighted by Crippen LogP contribution is -2.02. The number of hydrogen-bond acceptors (Lipinski definition) is 2. The van der Waals surface area contributed by atoms with Crippen LogP contribution in [0.2, 0.25) is 0 Å². The Bertz CT molecular complexity index is 686. The molecule has 0 amide bonds. The number of rotatable bonds is 4. The average Bonchev–Trinajstić information content (AvgIpc) is 3.01. The van der Waals surface area contributed by atoms with Crippen molar-refractivity contribution in [1.29, 1.82) is 0 Å². The van der Waals surface area contributed by atoms with Crippen LogP contribution in [0.1, 0.15) is 11.1 Å². The van der Waals surface area contributed by atoms with Gasteiger partial charge in [0.1, 0.15) is 0 Å². The van der Waals surface area contributed by atoms with E-state index in [0.29, 0.717) is 0 Å². The van der Waals surface area contributed by atoms with Gasteiger partial charge in [0.05, 0.1) is 0 Å². The lowest BCUT2D eigenvalue weighted by atomic mass is 10.1. The Balaban J connectivity index is 1.84. The van der Waals surface area contributed by atoms with Crippen LogP contribution in [0.15, 0.2) is 66.0 Å². The summed E-state index contributed by atoms with van der Waals surface area (Å²) < 4.78 is 0. The van der Waals surface area contributed by atoms with Crippen LogP contribution in [0.5, 0.6) is 0 Å². The number of hydrogen-bond donors (Lipinski definition) is 1. The van der Waals surface area contributed by atoms with Crippen molar-refractivity contribution in [3.63, 3.8) is 0 Å². The second-order valence-electron chi connectivity index (χ2n) is 4.80. The normalized spacial score (nSPS) is 10.4. The summed E-state index contributed by atoms with van der Waals surface area (Å²) in [6.07, 6.45) is 0. The average molecular weight is 279 g/mol. The van der Waals surface area contributed by atoms with E-state index >= 15 is 0 Å². The Kier molecular flexibility index (Phi) is 3.84. The van der Waals surface area contributed by atoms with E-state index in [1.165, 1.54) is 27.3 Å². The summed E-state index contributed by atoms with van der Waals surface area (Å²) in [6.45, 7) is 3.01. The van der Waals surface area contributed by atoms with Gasteiger partial charge in [0.2, 0.25) is 0 Å². The third kappa shape index (κ3) is 2.75. The number of para-hydroxylation sites is 1. The molecular formula is C18H17NS. The molecule has 0 spiro atoms. The highest BCUT2D eigenvalue weighted by Gasteiger charge is 2.05. The van der Waals surface area contributed by atoms with E-state index in [4.69, 9.17) is 0 Å². The first-order valence-corrected chi connectivity index (χ1v) is 7.64. The van der Waals surface area contributed by atoms with Crippen molar-refractivity contribution in [1.82, 2.24) is 0 Å². The minimum atomic E-state index is 0.856. The second-order valence-corrected chi connectivity index (χ2v) is 5.75. The third-order valence-corrected chi connectivity index (χ3v) is 4.35. The smallest absolute Gasteiger partial charge is 0.0430 e. The molecule has 0 aliphatic carbocycles. The van der Waals surface area contributed by atoms with Gasteiger partial charge in [-0.25, -0.2) is 0 Å². The van der Waals surface area contributed by atoms with E-state index in [0.717, 1.165) is 6.54 Å². The quantitative estimate of drug-likeness (QED) is 0.680. The van der Waals surface area contributed by atoms with Gasteiger partial charge in [0, 0.05) is 22.7 Å². The van der Waals surface area contributed by atoms with E-state index in [1.54, 1.807) is 11.3 Å². The fraction of sp³-hybridized carbons (Fsp3) is 0.111. The van der Waals surface area contributed by atoms with E-state index in [2.05, 4.69) is 78.3 Å². The molecule has 0 atom stereocenters. The monoisotopic (exact) mass is 279 g/mol. The maximum atomic E-state index is 3.57. The number of aryl methyl sites for hydroxylation is 1. The van der Waals surface area contributed by atoms with E-state index in [1.807, 2.05) is 0 Å². The first-order chi connectivity index (χ1) is 9.84. The molecule has 2 heteroatoms. The summed E-state index contributed by atoms with van der Waals surface area (Å²) in [5.41, 5.74) is 5.14. The molecule has 0 aliphatic rings. The zero-order valence-electron chi connectivity index (χ0n) is 11.5. The van der Waals surface area contributed by atoms with Crippen LogP contribution in [-0.2, 0) is 6.54 Å². The Hall–Kier alpha value is -2.06. The minimum Gasteiger partial charge on any atom is -0.380 e. The van der Waals surface area contributed by atoms with Gasteiger partial charge in [0.15, 0.2) is 0 Å². The molecule has 1 N–H and O–H groups in total. The maximum absolute atomic E-state index is 3.57. The largest absolute Gasteiger partial charge is 0.380 e. The highest BCUT2D eigenvalue weighted by molar-refractivity contribution is 7.13. The molecule has 0 saturated heterocycles. The minimum absolute atomic E-state index is 0.856. The molecule has 2 aromatic carbocycles. The number of benzene rings is 2. The van der Waals surface area contributed by atoms with Gasteiger partial charge in [-0.05, 0) is 35.6 Å². The van der Waals surface area contributed by atoms with Gasteiger partial charge in [-0.1, -0.05) is 48.5 Å². The van der Waals surface area contributed by atoms with Gasteiger partial charge in [-0.2, -0.15) is 0 Å². The summed E-state index contributed by atoms with van der Waals surface area (Å²) >= 11 is 1.78. The van der Waals surface area contributed by atoms with Crippen molar-refractivity contribution in [2.45, 2.75) is 13.5 Å². The van der Waals surface area contributed by atoms with Crippen molar-refractivity contribution in [3.8, 4) is 10.4 Å². The van der Waals surface area contributed by atoms with Crippen LogP contribution in [0.4, 0.5) is 5.69 Å². The lowest BCUT2D eigenvalue weighted by Gasteiger charge is -2.12. The highest BCUT2D eigenvalue weighted by atomic mass is 32.1. The first kappa shape index (κ1) is 12.9. The molecule has 0 unspecified atom stereocenters. The third-order valence-electron chi connectivity index (χ3n) is 3.44. The van der Waals surface area contributed by atoms with Crippen LogP contribution >= 0.6 is 11.3 Å². The molecule has 20 heavy (non-hydrogen) atoms. The Morgan fingerprint density at radius 2 is 1.70 bits per heavy atom. The second kappa shape index (κ2) is 5.93. The van der Waals surface area contributed by atoms with Crippen LogP contribution in [0.3, 0.4) is 0 Å². The zero-order valence-corrected chi connectivity index (χ0v) is 12.3. The summed E-state index contributed by atoms with van der Waals surface area (Å²) in [6, 6.07) is 21.3. The van der Waals surface area contributed by atoms with Crippen LogP contribution in [0.25, 0.3) is 10.4 Å².